The number of hydrogen-bond donors (Lipinski definition) is 0. The third kappa shape index (κ3) is 4.00. The number of ether oxygens (including phenoxy) is 4. The average Bonchev–Trinajstić information content (AvgIpc) is 3.16. The number of rotatable bonds is 8. The number of ketones is 1. The Morgan fingerprint density at radius 2 is 1.69 bits per heavy atom. The van der Waals surface area contributed by atoms with Crippen LogP contribution in [0.5, 0.6) is 11.5 Å². The van der Waals surface area contributed by atoms with Crippen molar-refractivity contribution in [2.24, 2.45) is 5.41 Å². The summed E-state index contributed by atoms with van der Waals surface area (Å²) in [4.78, 5) is 39.3. The number of benzene rings is 2. The summed E-state index contributed by atoms with van der Waals surface area (Å²) in [6.45, 7) is -0.319. The van der Waals surface area contributed by atoms with Crippen LogP contribution in [0, 0.1) is 15.5 Å². The van der Waals surface area contributed by atoms with Gasteiger partial charge in [-0.1, -0.05) is 24.3 Å². The number of carbonyl (C=O) groups excluding carboxylic acids is 2. The molecule has 0 N–H and O–H groups in total. The van der Waals surface area contributed by atoms with E-state index in [1.165, 1.54) is 14.2 Å². The van der Waals surface area contributed by atoms with E-state index in [2.05, 4.69) is 0 Å². The van der Waals surface area contributed by atoms with Gasteiger partial charge in [-0.05, 0) is 53.8 Å². The fourth-order valence-electron chi connectivity index (χ4n) is 5.36. The summed E-state index contributed by atoms with van der Waals surface area (Å²) in [5.74, 6) is -2.06. The molecule has 35 heavy (non-hydrogen) atoms. The number of carbonyl (C=O) groups is 2. The number of nitro groups is 1. The van der Waals surface area contributed by atoms with Gasteiger partial charge in [0.1, 0.15) is 11.5 Å². The largest absolute Gasteiger partial charge is 0.497 e. The second-order valence-corrected chi connectivity index (χ2v) is 8.54. The van der Waals surface area contributed by atoms with Crippen molar-refractivity contribution in [2.75, 3.05) is 34.5 Å². The van der Waals surface area contributed by atoms with E-state index in [9.17, 15) is 19.7 Å². The second kappa shape index (κ2) is 9.77. The minimum absolute atomic E-state index is 0.115. The van der Waals surface area contributed by atoms with Crippen LogP contribution < -0.4 is 9.47 Å². The molecule has 1 heterocycles. The number of allylic oxidation sites excluding steroid dienone is 2. The van der Waals surface area contributed by atoms with Gasteiger partial charge in [-0.15, -0.1) is 0 Å². The number of nitrogens with zero attached hydrogens (tertiary/aromatic N) is 1. The molecule has 0 saturated heterocycles. The van der Waals surface area contributed by atoms with Crippen LogP contribution >= 0.6 is 0 Å². The lowest BCUT2D eigenvalue weighted by molar-refractivity contribution is -0.485. The molecule has 2 aliphatic rings. The highest BCUT2D eigenvalue weighted by Crippen LogP contribution is 2.60. The summed E-state index contributed by atoms with van der Waals surface area (Å²) in [6, 6.07) is 13.6. The Morgan fingerprint density at radius 3 is 2.23 bits per heavy atom. The van der Waals surface area contributed by atoms with Crippen molar-refractivity contribution >= 4 is 11.8 Å². The molecule has 2 aromatic rings. The maximum absolute atomic E-state index is 14.1. The van der Waals surface area contributed by atoms with Crippen molar-refractivity contribution in [1.29, 1.82) is 0 Å². The van der Waals surface area contributed by atoms with Gasteiger partial charge < -0.3 is 18.9 Å². The highest BCUT2D eigenvalue weighted by molar-refractivity contribution is 6.16. The Morgan fingerprint density at radius 1 is 1.09 bits per heavy atom. The van der Waals surface area contributed by atoms with Gasteiger partial charge in [0.25, 0.3) is 0 Å². The lowest BCUT2D eigenvalue weighted by atomic mass is 9.61. The van der Waals surface area contributed by atoms with Gasteiger partial charge in [-0.2, -0.15) is 0 Å². The molecule has 0 amide bonds. The summed E-state index contributed by atoms with van der Waals surface area (Å²) in [6.07, 6.45) is 1.20. The third-order valence-electron chi connectivity index (χ3n) is 6.89. The van der Waals surface area contributed by atoms with Crippen LogP contribution in [-0.4, -0.2) is 51.2 Å². The van der Waals surface area contributed by atoms with Crippen LogP contribution in [-0.2, 0) is 19.1 Å². The predicted molar refractivity (Wildman–Crippen MR) is 125 cm³/mol. The van der Waals surface area contributed by atoms with Gasteiger partial charge in [0.05, 0.1) is 33.9 Å². The highest BCUT2D eigenvalue weighted by atomic mass is 16.6. The first kappa shape index (κ1) is 24.3. The van der Waals surface area contributed by atoms with E-state index in [4.69, 9.17) is 18.9 Å². The van der Waals surface area contributed by atoms with E-state index in [1.54, 1.807) is 55.6 Å². The molecule has 3 atom stereocenters. The van der Waals surface area contributed by atoms with Crippen molar-refractivity contribution in [1.82, 2.24) is 0 Å². The topological polar surface area (TPSA) is 114 Å². The van der Waals surface area contributed by atoms with Gasteiger partial charge in [0, 0.05) is 10.8 Å². The molecular formula is C26H27NO8. The van der Waals surface area contributed by atoms with Crippen LogP contribution in [0.15, 0.2) is 59.9 Å². The molecule has 0 saturated carbocycles. The number of methoxy groups -OCH3 is 3. The molecule has 1 aliphatic heterocycles. The molecule has 1 aliphatic carbocycles. The predicted octanol–water partition coefficient (Wildman–Crippen LogP) is 3.65. The SMILES string of the molecule is COC(=O)[C@]1([C@@H](C[N+](=O)[O-])c2ccc(OC)cc2)C(=O)C2=C(CCCO2)[C@H]1c1ccc(OC)cc1. The molecule has 9 nitrogen and oxygen atoms in total. The maximum Gasteiger partial charge on any atom is 0.321 e. The zero-order valence-corrected chi connectivity index (χ0v) is 19.8. The van der Waals surface area contributed by atoms with Crippen LogP contribution in [0.2, 0.25) is 0 Å². The van der Waals surface area contributed by atoms with E-state index in [0.29, 0.717) is 47.6 Å². The first-order valence-corrected chi connectivity index (χ1v) is 11.3. The molecule has 0 fully saturated rings. The number of esters is 1. The van der Waals surface area contributed by atoms with Crippen molar-refractivity contribution < 1.29 is 33.5 Å². The Balaban J connectivity index is 1.99. The summed E-state index contributed by atoms with van der Waals surface area (Å²) in [5.41, 5.74) is -0.139. The fourth-order valence-corrected chi connectivity index (χ4v) is 5.36. The molecule has 0 radical (unpaired) electrons. The molecule has 0 unspecified atom stereocenters. The number of Topliss-reactive ketones (excluding diaryl/α,β-unsaturated/α-hetero) is 1. The summed E-state index contributed by atoms with van der Waals surface area (Å²) < 4.78 is 21.5. The Labute approximate surface area is 202 Å². The molecule has 9 heteroatoms. The molecular weight excluding hydrogens is 454 g/mol. The van der Waals surface area contributed by atoms with Crippen LogP contribution in [0.4, 0.5) is 0 Å². The monoisotopic (exact) mass is 481 g/mol. The number of hydrogen-bond acceptors (Lipinski definition) is 8. The zero-order chi connectivity index (χ0) is 25.2. The minimum Gasteiger partial charge on any atom is -0.497 e. The van der Waals surface area contributed by atoms with Crippen LogP contribution in [0.3, 0.4) is 0 Å². The van der Waals surface area contributed by atoms with Gasteiger partial charge in [-0.3, -0.25) is 19.7 Å². The fraction of sp³-hybridized carbons (Fsp3) is 0.385. The van der Waals surface area contributed by atoms with Crippen LogP contribution in [0.25, 0.3) is 0 Å². The highest BCUT2D eigenvalue weighted by Gasteiger charge is 2.67. The van der Waals surface area contributed by atoms with E-state index < -0.39 is 40.5 Å². The maximum atomic E-state index is 14.1. The summed E-state index contributed by atoms with van der Waals surface area (Å²) in [5, 5.41) is 11.9. The van der Waals surface area contributed by atoms with Gasteiger partial charge in [-0.25, -0.2) is 0 Å². The van der Waals surface area contributed by atoms with Gasteiger partial charge >= 0.3 is 5.97 Å². The van der Waals surface area contributed by atoms with Crippen molar-refractivity contribution in [3.05, 3.63) is 81.1 Å². The van der Waals surface area contributed by atoms with E-state index in [1.807, 2.05) is 0 Å². The second-order valence-electron chi connectivity index (χ2n) is 8.54. The lowest BCUT2D eigenvalue weighted by Crippen LogP contribution is -2.49. The standard InChI is InChI=1S/C26H27NO8/c1-32-18-10-6-16(7-11-18)21(15-27(30)31)26(25(29)34-3)22(17-8-12-19(33-2)13-9-17)20-5-4-14-35-23(20)24(26)28/h6-13,21-22H,4-5,14-15H2,1-3H3/t21-,22+,26-/m0/s1. The van der Waals surface area contributed by atoms with Crippen molar-refractivity contribution in [2.45, 2.75) is 24.7 Å². The summed E-state index contributed by atoms with van der Waals surface area (Å²) in [7, 11) is 4.24. The van der Waals surface area contributed by atoms with Gasteiger partial charge in [0.2, 0.25) is 12.3 Å². The van der Waals surface area contributed by atoms with E-state index in [-0.39, 0.29) is 5.76 Å². The van der Waals surface area contributed by atoms with Crippen LogP contribution in [0.1, 0.15) is 35.8 Å². The van der Waals surface area contributed by atoms with Crippen molar-refractivity contribution in [3.63, 3.8) is 0 Å². The summed E-state index contributed by atoms with van der Waals surface area (Å²) >= 11 is 0. The molecule has 0 spiro atoms. The Bertz CT molecular complexity index is 1150. The zero-order valence-electron chi connectivity index (χ0n) is 19.8. The lowest BCUT2D eigenvalue weighted by Gasteiger charge is -2.38. The smallest absolute Gasteiger partial charge is 0.321 e. The van der Waals surface area contributed by atoms with E-state index in [0.717, 1.165) is 0 Å². The van der Waals surface area contributed by atoms with E-state index >= 15 is 0 Å². The van der Waals surface area contributed by atoms with Crippen molar-refractivity contribution in [3.8, 4) is 11.5 Å². The first-order chi connectivity index (χ1) is 16.9. The minimum atomic E-state index is -1.92. The molecule has 184 valence electrons. The molecule has 2 aromatic carbocycles. The Hall–Kier alpha value is -3.88. The molecule has 0 bridgehead atoms. The molecule has 0 aromatic heterocycles. The average molecular weight is 482 g/mol. The first-order valence-electron chi connectivity index (χ1n) is 11.3. The normalized spacial score (nSPS) is 22.1. The Kier molecular flexibility index (Phi) is 6.77. The molecule has 4 rings (SSSR count). The quantitative estimate of drug-likeness (QED) is 0.243. The third-order valence-corrected chi connectivity index (χ3v) is 6.89. The van der Waals surface area contributed by atoms with Gasteiger partial charge in [0.15, 0.2) is 11.2 Å².